The van der Waals surface area contributed by atoms with Crippen LogP contribution < -0.4 is 0 Å². The van der Waals surface area contributed by atoms with E-state index < -0.39 is 0 Å². The second-order valence-electron chi connectivity index (χ2n) is 6.50. The molecule has 8 nitrogen and oxygen atoms in total. The van der Waals surface area contributed by atoms with Crippen LogP contribution in [0.5, 0.6) is 0 Å². The highest BCUT2D eigenvalue weighted by molar-refractivity contribution is 6.41. The summed E-state index contributed by atoms with van der Waals surface area (Å²) >= 11 is 0. The van der Waals surface area contributed by atoms with E-state index in [1.807, 2.05) is 0 Å². The van der Waals surface area contributed by atoms with Crippen molar-refractivity contribution in [3.05, 3.63) is 0 Å². The standard InChI is InChI=1S/C18H34N4O4/c1-15(19-23)17(21-25)13-11-9-7-5-3-4-6-8-10-12-14-18(22-26)16(2)20-24/h23-26H,3-14H2,1-2H3/b19-15+,20-16+,21-17-,22-18+. The monoisotopic (exact) mass is 370 g/mol. The topological polar surface area (TPSA) is 130 Å². The first-order valence-corrected chi connectivity index (χ1v) is 9.40. The van der Waals surface area contributed by atoms with Crippen LogP contribution in [0.1, 0.15) is 90.9 Å². The van der Waals surface area contributed by atoms with Crippen LogP contribution in [0.2, 0.25) is 0 Å². The Morgan fingerprint density at radius 3 is 0.962 bits per heavy atom. The van der Waals surface area contributed by atoms with E-state index in [4.69, 9.17) is 20.8 Å². The largest absolute Gasteiger partial charge is 0.411 e. The maximum absolute atomic E-state index is 8.83. The molecule has 0 aromatic carbocycles. The molecule has 150 valence electrons. The molecule has 0 spiro atoms. The lowest BCUT2D eigenvalue weighted by atomic mass is 10.0. The van der Waals surface area contributed by atoms with Crippen LogP contribution in [0.4, 0.5) is 0 Å². The van der Waals surface area contributed by atoms with Crippen molar-refractivity contribution in [2.75, 3.05) is 0 Å². The smallest absolute Gasteiger partial charge is 0.104 e. The highest BCUT2D eigenvalue weighted by Gasteiger charge is 2.06. The molecule has 0 saturated carbocycles. The molecule has 0 heterocycles. The van der Waals surface area contributed by atoms with Gasteiger partial charge < -0.3 is 20.8 Å². The Bertz CT molecular complexity index is 444. The number of hydrogen-bond acceptors (Lipinski definition) is 8. The predicted octanol–water partition coefficient (Wildman–Crippen LogP) is 5.03. The zero-order chi connectivity index (χ0) is 19.6. The summed E-state index contributed by atoms with van der Waals surface area (Å²) in [5.41, 5.74) is 1.62. The van der Waals surface area contributed by atoms with Gasteiger partial charge in [0.25, 0.3) is 0 Å². The lowest BCUT2D eigenvalue weighted by Crippen LogP contribution is -2.10. The van der Waals surface area contributed by atoms with Crippen molar-refractivity contribution < 1.29 is 20.8 Å². The molecule has 0 rings (SSSR count). The van der Waals surface area contributed by atoms with Crippen molar-refractivity contribution in [1.82, 2.24) is 0 Å². The summed E-state index contributed by atoms with van der Waals surface area (Å²) in [5.74, 6) is 0. The van der Waals surface area contributed by atoms with E-state index >= 15 is 0 Å². The van der Waals surface area contributed by atoms with Gasteiger partial charge in [0.2, 0.25) is 0 Å². The lowest BCUT2D eigenvalue weighted by Gasteiger charge is -2.04. The van der Waals surface area contributed by atoms with Crippen molar-refractivity contribution >= 4 is 22.8 Å². The first-order chi connectivity index (χ1) is 12.6. The molecule has 0 aliphatic heterocycles. The molecule has 0 unspecified atom stereocenters. The van der Waals surface area contributed by atoms with Crippen LogP contribution in [-0.2, 0) is 0 Å². The van der Waals surface area contributed by atoms with Crippen molar-refractivity contribution in [2.45, 2.75) is 90.9 Å². The second-order valence-corrected chi connectivity index (χ2v) is 6.50. The molecule has 0 aliphatic carbocycles. The number of hydrogen-bond donors (Lipinski definition) is 4. The van der Waals surface area contributed by atoms with E-state index in [2.05, 4.69) is 20.6 Å². The van der Waals surface area contributed by atoms with Crippen molar-refractivity contribution in [3.8, 4) is 0 Å². The molecule has 0 fully saturated rings. The molecule has 0 aromatic rings. The minimum absolute atomic E-state index is 0.365. The second kappa shape index (κ2) is 16.4. The van der Waals surface area contributed by atoms with Crippen LogP contribution in [-0.4, -0.2) is 43.7 Å². The summed E-state index contributed by atoms with van der Waals surface area (Å²) in [7, 11) is 0. The first-order valence-electron chi connectivity index (χ1n) is 9.40. The molecule has 0 amide bonds. The fourth-order valence-corrected chi connectivity index (χ4v) is 2.72. The minimum Gasteiger partial charge on any atom is -0.411 e. The van der Waals surface area contributed by atoms with Gasteiger partial charge in [0.1, 0.15) is 22.8 Å². The molecule has 0 aliphatic rings. The van der Waals surface area contributed by atoms with E-state index in [0.717, 1.165) is 38.5 Å². The molecular weight excluding hydrogens is 336 g/mol. The molecule has 0 aromatic heterocycles. The van der Waals surface area contributed by atoms with Gasteiger partial charge in [-0.05, 0) is 39.5 Å². The fraction of sp³-hybridized carbons (Fsp3) is 0.778. The van der Waals surface area contributed by atoms with Gasteiger partial charge in [0.05, 0.1) is 0 Å². The van der Waals surface area contributed by atoms with E-state index in [0.29, 0.717) is 35.7 Å². The molecule has 4 N–H and O–H groups in total. The van der Waals surface area contributed by atoms with Crippen LogP contribution in [0.25, 0.3) is 0 Å². The number of nitrogens with zero attached hydrogens (tertiary/aromatic N) is 4. The zero-order valence-corrected chi connectivity index (χ0v) is 16.1. The summed E-state index contributed by atoms with van der Waals surface area (Å²) in [6, 6.07) is 0. The Kier molecular flexibility index (Phi) is 15.0. The van der Waals surface area contributed by atoms with Crippen molar-refractivity contribution in [3.63, 3.8) is 0 Å². The first kappa shape index (κ1) is 23.9. The van der Waals surface area contributed by atoms with Gasteiger partial charge in [-0.15, -0.1) is 0 Å². The minimum atomic E-state index is 0.365. The average Bonchev–Trinajstić information content (AvgIpc) is 2.67. The average molecular weight is 370 g/mol. The van der Waals surface area contributed by atoms with Crippen molar-refractivity contribution in [2.24, 2.45) is 20.6 Å². The molecule has 8 heteroatoms. The van der Waals surface area contributed by atoms with Gasteiger partial charge in [-0.1, -0.05) is 72.0 Å². The van der Waals surface area contributed by atoms with Gasteiger partial charge in [-0.25, -0.2) is 0 Å². The van der Waals surface area contributed by atoms with Crippen molar-refractivity contribution in [1.29, 1.82) is 0 Å². The van der Waals surface area contributed by atoms with E-state index in [9.17, 15) is 0 Å². The van der Waals surface area contributed by atoms with Crippen LogP contribution >= 0.6 is 0 Å². The van der Waals surface area contributed by atoms with Gasteiger partial charge in [-0.2, -0.15) is 0 Å². The summed E-state index contributed by atoms with van der Waals surface area (Å²) < 4.78 is 0. The van der Waals surface area contributed by atoms with Gasteiger partial charge in [0.15, 0.2) is 0 Å². The summed E-state index contributed by atoms with van der Waals surface area (Å²) in [4.78, 5) is 0. The third kappa shape index (κ3) is 11.4. The SMILES string of the molecule is CC(=N\O)/C(CCCCCCCCCCCCC(=N\O)/C(C)=N/O)=N\O. The van der Waals surface area contributed by atoms with Crippen LogP contribution in [0.15, 0.2) is 20.6 Å². The summed E-state index contributed by atoms with van der Waals surface area (Å²) in [6.07, 6.45) is 12.4. The maximum Gasteiger partial charge on any atom is 0.104 e. The predicted molar refractivity (Wildman–Crippen MR) is 104 cm³/mol. The van der Waals surface area contributed by atoms with Crippen LogP contribution in [0.3, 0.4) is 0 Å². The maximum atomic E-state index is 8.83. The number of oxime groups is 4. The zero-order valence-electron chi connectivity index (χ0n) is 16.1. The summed E-state index contributed by atoms with van der Waals surface area (Å²) in [6.45, 7) is 3.24. The van der Waals surface area contributed by atoms with Crippen LogP contribution in [0, 0.1) is 0 Å². The highest BCUT2D eigenvalue weighted by atomic mass is 16.4. The van der Waals surface area contributed by atoms with Gasteiger partial charge in [-0.3, -0.25) is 0 Å². The molecular formula is C18H34N4O4. The molecule has 0 radical (unpaired) electrons. The molecule has 26 heavy (non-hydrogen) atoms. The Balaban J connectivity index is 3.50. The third-order valence-electron chi connectivity index (χ3n) is 4.45. The molecule has 0 atom stereocenters. The highest BCUT2D eigenvalue weighted by Crippen LogP contribution is 2.13. The molecule has 0 bridgehead atoms. The third-order valence-corrected chi connectivity index (χ3v) is 4.45. The Morgan fingerprint density at radius 1 is 0.462 bits per heavy atom. The van der Waals surface area contributed by atoms with Gasteiger partial charge >= 0.3 is 0 Å². The number of unbranched alkanes of at least 4 members (excludes halogenated alkanes) is 9. The van der Waals surface area contributed by atoms with E-state index in [1.54, 1.807) is 13.8 Å². The normalized spacial score (nSPS) is 14.1. The van der Waals surface area contributed by atoms with E-state index in [1.165, 1.54) is 25.7 Å². The molecule has 0 saturated heterocycles. The Labute approximate surface area is 156 Å². The van der Waals surface area contributed by atoms with Gasteiger partial charge in [0, 0.05) is 0 Å². The lowest BCUT2D eigenvalue weighted by molar-refractivity contribution is 0.312. The Hall–Kier alpha value is -2.12. The quantitative estimate of drug-likeness (QED) is 0.139. The van der Waals surface area contributed by atoms with E-state index in [-0.39, 0.29) is 0 Å². The summed E-state index contributed by atoms with van der Waals surface area (Å²) in [5, 5.41) is 47.4. The fourth-order valence-electron chi connectivity index (χ4n) is 2.72. The Morgan fingerprint density at radius 2 is 0.731 bits per heavy atom. The number of rotatable bonds is 15.